The number of piperazine rings is 1. The number of anilines is 2. The van der Waals surface area contributed by atoms with Crippen LogP contribution in [0.4, 0.5) is 17.1 Å². The van der Waals surface area contributed by atoms with E-state index >= 15 is 0 Å². The van der Waals surface area contributed by atoms with E-state index in [9.17, 15) is 23.3 Å². The van der Waals surface area contributed by atoms with Crippen molar-refractivity contribution < 1.29 is 22.6 Å². The van der Waals surface area contributed by atoms with E-state index in [4.69, 9.17) is 16.6 Å². The van der Waals surface area contributed by atoms with Gasteiger partial charge in [-0.3, -0.25) is 20.2 Å². The number of carbonyl (C=O) groups excluding carboxylic acids is 1. The minimum absolute atomic E-state index is 0.00848. The summed E-state index contributed by atoms with van der Waals surface area (Å²) in [6, 6.07) is 16.3. The van der Waals surface area contributed by atoms with Crippen LogP contribution in [-0.2, 0) is 10.0 Å². The van der Waals surface area contributed by atoms with Gasteiger partial charge in [0.05, 0.1) is 22.6 Å². The highest BCUT2D eigenvalue weighted by atomic mass is 32.2. The second kappa shape index (κ2) is 10.4. The second-order valence-corrected chi connectivity index (χ2v) is 10.4. The Kier molecular flexibility index (Phi) is 7.33. The minimum Gasteiger partial charge on any atom is -0.451 e. The largest absolute Gasteiger partial charge is 0.451 e. The zero-order chi connectivity index (χ0) is 25.9. The fourth-order valence-electron chi connectivity index (χ4n) is 3.82. The quantitative estimate of drug-likeness (QED) is 0.280. The summed E-state index contributed by atoms with van der Waals surface area (Å²) in [4.78, 5) is 25.2. The van der Waals surface area contributed by atoms with Crippen LogP contribution in [0.25, 0.3) is 11.3 Å². The van der Waals surface area contributed by atoms with Crippen LogP contribution in [0.2, 0.25) is 0 Å². The molecule has 3 aromatic rings. The number of furan rings is 1. The summed E-state index contributed by atoms with van der Waals surface area (Å²) in [5, 5.41) is 16.6. The molecule has 0 saturated carbocycles. The summed E-state index contributed by atoms with van der Waals surface area (Å²) in [6.45, 7) is 1.77. The third-order valence-electron chi connectivity index (χ3n) is 5.60. The predicted octanol–water partition coefficient (Wildman–Crippen LogP) is 3.06. The fraction of sp³-hybridized carbons (Fsp3) is 0.217. The zero-order valence-corrected chi connectivity index (χ0v) is 20.8. The molecule has 0 aliphatic carbocycles. The lowest BCUT2D eigenvalue weighted by molar-refractivity contribution is -0.384. The maximum absolute atomic E-state index is 12.7. The lowest BCUT2D eigenvalue weighted by atomic mass is 10.1. The van der Waals surface area contributed by atoms with Crippen LogP contribution in [-0.4, -0.2) is 61.1 Å². The Balaban J connectivity index is 1.40. The smallest absolute Gasteiger partial charge is 0.293 e. The van der Waals surface area contributed by atoms with Crippen LogP contribution in [0.15, 0.2) is 65.1 Å². The van der Waals surface area contributed by atoms with Gasteiger partial charge in [0, 0.05) is 43.9 Å². The Labute approximate surface area is 212 Å². The number of para-hydroxylation sites is 2. The maximum atomic E-state index is 12.7. The van der Waals surface area contributed by atoms with Gasteiger partial charge in [-0.05, 0) is 36.5 Å². The topological polar surface area (TPSA) is 138 Å². The van der Waals surface area contributed by atoms with Gasteiger partial charge >= 0.3 is 0 Å². The van der Waals surface area contributed by atoms with Crippen molar-refractivity contribution in [1.29, 1.82) is 0 Å². The van der Waals surface area contributed by atoms with Crippen LogP contribution in [0.3, 0.4) is 0 Å². The number of benzene rings is 2. The molecule has 2 N–H and O–H groups in total. The van der Waals surface area contributed by atoms with Gasteiger partial charge in [0.2, 0.25) is 10.0 Å². The summed E-state index contributed by atoms with van der Waals surface area (Å²) in [6.07, 6.45) is 1.20. The van der Waals surface area contributed by atoms with E-state index < -0.39 is 20.9 Å². The number of thiocarbonyl (C=S) groups is 1. The normalized spacial score (nSPS) is 14.3. The average molecular weight is 530 g/mol. The third kappa shape index (κ3) is 5.87. The Morgan fingerprint density at radius 1 is 1.06 bits per heavy atom. The van der Waals surface area contributed by atoms with Crippen LogP contribution in [0, 0.1) is 10.1 Å². The number of hydrogen-bond acceptors (Lipinski definition) is 8. The number of hydrogen-bond donors (Lipinski definition) is 2. The first-order valence-corrected chi connectivity index (χ1v) is 13.1. The molecule has 1 aliphatic heterocycles. The average Bonchev–Trinajstić information content (AvgIpc) is 3.35. The van der Waals surface area contributed by atoms with Gasteiger partial charge < -0.3 is 14.6 Å². The first-order chi connectivity index (χ1) is 17.1. The number of rotatable bonds is 6. The highest BCUT2D eigenvalue weighted by Gasteiger charge is 2.25. The van der Waals surface area contributed by atoms with Gasteiger partial charge in [-0.25, -0.2) is 8.42 Å². The van der Waals surface area contributed by atoms with Gasteiger partial charge in [0.25, 0.3) is 11.6 Å². The number of nitro groups is 1. The predicted molar refractivity (Wildman–Crippen MR) is 140 cm³/mol. The molecule has 11 nitrogen and oxygen atoms in total. The summed E-state index contributed by atoms with van der Waals surface area (Å²) in [5.74, 6) is -0.282. The van der Waals surface area contributed by atoms with Crippen molar-refractivity contribution in [2.75, 3.05) is 42.7 Å². The van der Waals surface area contributed by atoms with Crippen molar-refractivity contribution >= 4 is 50.3 Å². The molecule has 188 valence electrons. The number of nitrogens with zero attached hydrogens (tertiary/aromatic N) is 3. The summed E-state index contributed by atoms with van der Waals surface area (Å²) in [5.41, 5.74) is 1.87. The van der Waals surface area contributed by atoms with Crippen LogP contribution >= 0.6 is 12.2 Å². The molecule has 1 amide bonds. The monoisotopic (exact) mass is 529 g/mol. The SMILES string of the molecule is CS(=O)(=O)N1CCN(c2ccccc2NC(=S)NC(=O)c2ccc(-c3cccc([N+](=O)[O-])c3)o2)CC1. The van der Waals surface area contributed by atoms with E-state index in [-0.39, 0.29) is 16.6 Å². The third-order valence-corrected chi connectivity index (χ3v) is 7.11. The van der Waals surface area contributed by atoms with Gasteiger partial charge in [0.1, 0.15) is 5.76 Å². The van der Waals surface area contributed by atoms with E-state index in [0.717, 1.165) is 5.69 Å². The van der Waals surface area contributed by atoms with Crippen molar-refractivity contribution in [1.82, 2.24) is 9.62 Å². The van der Waals surface area contributed by atoms with E-state index in [1.54, 1.807) is 12.1 Å². The van der Waals surface area contributed by atoms with Crippen molar-refractivity contribution in [3.05, 3.63) is 76.5 Å². The molecule has 1 aromatic heterocycles. The molecule has 0 unspecified atom stereocenters. The molecule has 0 spiro atoms. The number of non-ortho nitro benzene ring substituents is 1. The van der Waals surface area contributed by atoms with Crippen molar-refractivity contribution in [2.24, 2.45) is 0 Å². The van der Waals surface area contributed by atoms with Crippen LogP contribution in [0.5, 0.6) is 0 Å². The molecule has 0 bridgehead atoms. The van der Waals surface area contributed by atoms with E-state index in [2.05, 4.69) is 10.6 Å². The fourth-order valence-corrected chi connectivity index (χ4v) is 4.85. The van der Waals surface area contributed by atoms with Crippen LogP contribution < -0.4 is 15.5 Å². The molecule has 0 radical (unpaired) electrons. The molecule has 0 atom stereocenters. The molecule has 13 heteroatoms. The van der Waals surface area contributed by atoms with Gasteiger partial charge in [-0.1, -0.05) is 24.3 Å². The highest BCUT2D eigenvalue weighted by molar-refractivity contribution is 7.88. The number of nitrogens with one attached hydrogen (secondary N) is 2. The molecule has 2 aromatic carbocycles. The van der Waals surface area contributed by atoms with E-state index in [0.29, 0.717) is 43.2 Å². The number of carbonyl (C=O) groups is 1. The molecule has 36 heavy (non-hydrogen) atoms. The first-order valence-electron chi connectivity index (χ1n) is 10.9. The lowest BCUT2D eigenvalue weighted by Crippen LogP contribution is -2.48. The van der Waals surface area contributed by atoms with Gasteiger partial charge in [-0.15, -0.1) is 0 Å². The van der Waals surface area contributed by atoms with Crippen molar-refractivity contribution in [3.63, 3.8) is 0 Å². The van der Waals surface area contributed by atoms with E-state index in [1.165, 1.54) is 34.8 Å². The maximum Gasteiger partial charge on any atom is 0.293 e. The second-order valence-electron chi connectivity index (χ2n) is 8.05. The van der Waals surface area contributed by atoms with E-state index in [1.807, 2.05) is 29.2 Å². The molecular weight excluding hydrogens is 506 g/mol. The molecule has 1 saturated heterocycles. The summed E-state index contributed by atoms with van der Waals surface area (Å²) < 4.78 is 30.6. The minimum atomic E-state index is -3.24. The highest BCUT2D eigenvalue weighted by Crippen LogP contribution is 2.28. The number of nitro benzene ring substituents is 1. The number of sulfonamides is 1. The Morgan fingerprint density at radius 3 is 2.47 bits per heavy atom. The Morgan fingerprint density at radius 2 is 1.78 bits per heavy atom. The van der Waals surface area contributed by atoms with Crippen molar-refractivity contribution in [2.45, 2.75) is 0 Å². The molecule has 1 fully saturated rings. The number of amides is 1. The van der Waals surface area contributed by atoms with Crippen LogP contribution in [0.1, 0.15) is 10.6 Å². The Bertz CT molecular complexity index is 1410. The molecular formula is C23H23N5O6S2. The zero-order valence-electron chi connectivity index (χ0n) is 19.2. The molecule has 1 aliphatic rings. The lowest BCUT2D eigenvalue weighted by Gasteiger charge is -2.35. The Hall–Kier alpha value is -3.81. The summed E-state index contributed by atoms with van der Waals surface area (Å²) in [7, 11) is -3.24. The van der Waals surface area contributed by atoms with Gasteiger partial charge in [-0.2, -0.15) is 4.31 Å². The van der Waals surface area contributed by atoms with Crippen molar-refractivity contribution in [3.8, 4) is 11.3 Å². The molecule has 4 rings (SSSR count). The summed E-state index contributed by atoms with van der Waals surface area (Å²) >= 11 is 5.32. The van der Waals surface area contributed by atoms with Gasteiger partial charge in [0.15, 0.2) is 10.9 Å². The molecule has 2 heterocycles. The standard InChI is InChI=1S/C23H23N5O6S2/c1-36(32,33)27-13-11-26(12-14-27)19-8-3-2-7-18(19)24-23(35)25-22(29)21-10-9-20(34-21)16-5-4-6-17(15-16)28(30)31/h2-10,15H,11-14H2,1H3,(H2,24,25,29,35). The first kappa shape index (κ1) is 25.3.